The molecule has 1 fully saturated rings. The highest BCUT2D eigenvalue weighted by molar-refractivity contribution is 7.86. The molecule has 15 heavy (non-hydrogen) atoms. The summed E-state index contributed by atoms with van der Waals surface area (Å²) in [5, 5.41) is 3.07. The molecule has 90 valence electrons. The number of nitrogens with one attached hydrogen (secondary N) is 1. The lowest BCUT2D eigenvalue weighted by atomic mass is 10.2. The van der Waals surface area contributed by atoms with Crippen LogP contribution in [0.3, 0.4) is 0 Å². The van der Waals surface area contributed by atoms with Gasteiger partial charge in [-0.2, -0.15) is 17.0 Å². The van der Waals surface area contributed by atoms with E-state index in [-0.39, 0.29) is 6.04 Å². The molecule has 1 saturated heterocycles. The Kier molecular flexibility index (Phi) is 4.11. The first-order chi connectivity index (χ1) is 6.85. The van der Waals surface area contributed by atoms with Gasteiger partial charge in [0.2, 0.25) is 0 Å². The van der Waals surface area contributed by atoms with Crippen LogP contribution < -0.4 is 5.32 Å². The lowest BCUT2D eigenvalue weighted by Crippen LogP contribution is -2.59. The molecular weight excluding hydrogens is 214 g/mol. The van der Waals surface area contributed by atoms with Gasteiger partial charge < -0.3 is 5.32 Å². The highest BCUT2D eigenvalue weighted by Crippen LogP contribution is 2.12. The zero-order valence-electron chi connectivity index (χ0n) is 9.90. The predicted molar refractivity (Wildman–Crippen MR) is 60.8 cm³/mol. The van der Waals surface area contributed by atoms with Crippen molar-refractivity contribution in [2.45, 2.75) is 19.9 Å². The fourth-order valence-corrected chi connectivity index (χ4v) is 3.00. The number of nitrogens with zero attached hydrogens (tertiary/aromatic N) is 2. The van der Waals surface area contributed by atoms with E-state index in [0.29, 0.717) is 12.5 Å². The number of rotatable bonds is 5. The average molecular weight is 235 g/mol. The quantitative estimate of drug-likeness (QED) is 0.713. The number of hydrogen-bond acceptors (Lipinski definition) is 3. The van der Waals surface area contributed by atoms with E-state index >= 15 is 0 Å². The zero-order valence-corrected chi connectivity index (χ0v) is 10.7. The molecule has 0 aromatic carbocycles. The first-order valence-electron chi connectivity index (χ1n) is 5.25. The van der Waals surface area contributed by atoms with E-state index in [1.165, 1.54) is 8.61 Å². The fraction of sp³-hybridized carbons (Fsp3) is 1.00. The lowest BCUT2D eigenvalue weighted by Gasteiger charge is -2.37. The van der Waals surface area contributed by atoms with Gasteiger partial charge in [-0.15, -0.1) is 0 Å². The van der Waals surface area contributed by atoms with Crippen molar-refractivity contribution in [2.24, 2.45) is 5.92 Å². The van der Waals surface area contributed by atoms with E-state index in [1.54, 1.807) is 14.1 Å². The van der Waals surface area contributed by atoms with E-state index in [9.17, 15) is 8.42 Å². The third-order valence-corrected chi connectivity index (χ3v) is 4.62. The van der Waals surface area contributed by atoms with Gasteiger partial charge >= 0.3 is 0 Å². The van der Waals surface area contributed by atoms with Crippen molar-refractivity contribution in [3.63, 3.8) is 0 Å². The second-order valence-corrected chi connectivity index (χ2v) is 6.61. The normalized spacial score (nSPS) is 18.9. The summed E-state index contributed by atoms with van der Waals surface area (Å²) in [5.41, 5.74) is 0. The summed E-state index contributed by atoms with van der Waals surface area (Å²) in [6, 6.07) is 0.115. The third-order valence-electron chi connectivity index (χ3n) is 2.65. The molecule has 1 N–H and O–H groups in total. The highest BCUT2D eigenvalue weighted by Gasteiger charge is 2.33. The predicted octanol–water partition coefficient (Wildman–Crippen LogP) is -0.277. The van der Waals surface area contributed by atoms with Crippen molar-refractivity contribution < 1.29 is 8.42 Å². The maximum absolute atomic E-state index is 12.0. The molecule has 0 atom stereocenters. The number of likely N-dealkylation sites (N-methyl/N-ethyl adjacent to an activating group) is 1. The summed E-state index contributed by atoms with van der Waals surface area (Å²) in [6.07, 6.45) is 0. The second kappa shape index (κ2) is 4.78. The molecule has 0 aliphatic carbocycles. The Balaban J connectivity index is 2.63. The molecule has 0 saturated carbocycles. The van der Waals surface area contributed by atoms with Crippen LogP contribution in [0.1, 0.15) is 13.8 Å². The molecule has 1 heterocycles. The zero-order chi connectivity index (χ0) is 11.6. The van der Waals surface area contributed by atoms with Crippen molar-refractivity contribution in [2.75, 3.05) is 33.7 Å². The standard InChI is InChI=1S/C9H21N3O2S/c1-8(2)7-11(3)15(13,14)12(4)9-5-10-6-9/h8-10H,5-7H2,1-4H3. The Hall–Kier alpha value is -0.170. The summed E-state index contributed by atoms with van der Waals surface area (Å²) in [6.45, 7) is 6.09. The first kappa shape index (κ1) is 12.9. The largest absolute Gasteiger partial charge is 0.313 e. The molecule has 0 unspecified atom stereocenters. The topological polar surface area (TPSA) is 52.7 Å². The summed E-state index contributed by atoms with van der Waals surface area (Å²) >= 11 is 0. The molecule has 0 spiro atoms. The minimum Gasteiger partial charge on any atom is -0.313 e. The molecule has 1 rings (SSSR count). The van der Waals surface area contributed by atoms with Gasteiger partial charge in [0.1, 0.15) is 0 Å². The van der Waals surface area contributed by atoms with E-state index in [0.717, 1.165) is 13.1 Å². The summed E-state index contributed by atoms with van der Waals surface area (Å²) in [7, 11) is 0.0198. The van der Waals surface area contributed by atoms with Crippen LogP contribution in [0.2, 0.25) is 0 Å². The monoisotopic (exact) mass is 235 g/mol. The molecule has 0 bridgehead atoms. The third kappa shape index (κ3) is 2.90. The maximum atomic E-state index is 12.0. The maximum Gasteiger partial charge on any atom is 0.281 e. The van der Waals surface area contributed by atoms with Gasteiger partial charge in [0.15, 0.2) is 0 Å². The Morgan fingerprint density at radius 2 is 1.87 bits per heavy atom. The minimum absolute atomic E-state index is 0.115. The van der Waals surface area contributed by atoms with Crippen LogP contribution >= 0.6 is 0 Å². The van der Waals surface area contributed by atoms with Crippen molar-refractivity contribution >= 4 is 10.2 Å². The van der Waals surface area contributed by atoms with Crippen LogP contribution in [-0.2, 0) is 10.2 Å². The van der Waals surface area contributed by atoms with Crippen LogP contribution in [0.15, 0.2) is 0 Å². The van der Waals surface area contributed by atoms with Crippen LogP contribution in [0, 0.1) is 5.92 Å². The molecule has 1 aliphatic heterocycles. The molecular formula is C9H21N3O2S. The minimum atomic E-state index is -3.27. The van der Waals surface area contributed by atoms with Gasteiger partial charge in [0, 0.05) is 33.7 Å². The lowest BCUT2D eigenvalue weighted by molar-refractivity contribution is 0.255. The molecule has 1 aliphatic rings. The van der Waals surface area contributed by atoms with Crippen LogP contribution in [0.4, 0.5) is 0 Å². The van der Waals surface area contributed by atoms with E-state index in [4.69, 9.17) is 0 Å². The van der Waals surface area contributed by atoms with Crippen molar-refractivity contribution in [1.29, 1.82) is 0 Å². The van der Waals surface area contributed by atoms with Gasteiger partial charge in [0.25, 0.3) is 10.2 Å². The fourth-order valence-electron chi connectivity index (χ4n) is 1.55. The number of hydrogen-bond donors (Lipinski definition) is 1. The van der Waals surface area contributed by atoms with Gasteiger partial charge in [-0.3, -0.25) is 0 Å². The van der Waals surface area contributed by atoms with Gasteiger partial charge in [-0.1, -0.05) is 13.8 Å². The Labute approximate surface area is 92.6 Å². The Morgan fingerprint density at radius 1 is 1.33 bits per heavy atom. The van der Waals surface area contributed by atoms with Gasteiger partial charge in [-0.05, 0) is 5.92 Å². The molecule has 0 amide bonds. The Morgan fingerprint density at radius 3 is 2.20 bits per heavy atom. The Bertz CT molecular complexity index is 298. The van der Waals surface area contributed by atoms with Crippen LogP contribution in [0.5, 0.6) is 0 Å². The summed E-state index contributed by atoms with van der Waals surface area (Å²) < 4.78 is 26.9. The van der Waals surface area contributed by atoms with E-state index in [1.807, 2.05) is 13.8 Å². The van der Waals surface area contributed by atoms with Gasteiger partial charge in [-0.25, -0.2) is 0 Å². The second-order valence-electron chi connectivity index (χ2n) is 4.51. The van der Waals surface area contributed by atoms with E-state index in [2.05, 4.69) is 5.32 Å². The SMILES string of the molecule is CC(C)CN(C)S(=O)(=O)N(C)C1CNC1. The van der Waals surface area contributed by atoms with Crippen molar-refractivity contribution in [3.8, 4) is 0 Å². The first-order valence-corrected chi connectivity index (χ1v) is 6.65. The smallest absolute Gasteiger partial charge is 0.281 e. The van der Waals surface area contributed by atoms with Crippen molar-refractivity contribution in [1.82, 2.24) is 13.9 Å². The molecule has 5 nitrogen and oxygen atoms in total. The van der Waals surface area contributed by atoms with Crippen LogP contribution in [-0.4, -0.2) is 56.8 Å². The molecule has 0 radical (unpaired) electrons. The molecule has 0 aromatic heterocycles. The molecule has 6 heteroatoms. The summed E-state index contributed by atoms with van der Waals surface area (Å²) in [5.74, 6) is 0.345. The molecule has 0 aromatic rings. The van der Waals surface area contributed by atoms with Crippen LogP contribution in [0.25, 0.3) is 0 Å². The highest BCUT2D eigenvalue weighted by atomic mass is 32.2. The average Bonchev–Trinajstić information content (AvgIpc) is 1.99. The van der Waals surface area contributed by atoms with Crippen molar-refractivity contribution in [3.05, 3.63) is 0 Å². The van der Waals surface area contributed by atoms with E-state index < -0.39 is 10.2 Å². The van der Waals surface area contributed by atoms with Gasteiger partial charge in [0.05, 0.1) is 6.04 Å². The summed E-state index contributed by atoms with van der Waals surface area (Å²) in [4.78, 5) is 0.